The number of hydrogen-bond donors (Lipinski definition) is 2. The average Bonchev–Trinajstić information content (AvgIpc) is 3.45. The summed E-state index contributed by atoms with van der Waals surface area (Å²) in [5.41, 5.74) is 3.81. The molecule has 3 rings (SSSR count). The number of nitrogens with zero attached hydrogens (tertiary/aromatic N) is 1. The maximum Gasteiger partial charge on any atom is 0.191 e. The molecular formula is C22H30IN3O2. The van der Waals surface area contributed by atoms with Gasteiger partial charge in [-0.25, -0.2) is 0 Å². The quantitative estimate of drug-likeness (QED) is 0.354. The van der Waals surface area contributed by atoms with E-state index in [4.69, 9.17) is 9.47 Å². The SMILES string of the molecule is CN=C(NC(C)c1cc(OC)ccc1OC)NC1CC1c1ccccc1C.I. The fraction of sp³-hybridized carbons (Fsp3) is 0.409. The van der Waals surface area contributed by atoms with Crippen LogP contribution < -0.4 is 20.1 Å². The lowest BCUT2D eigenvalue weighted by atomic mass is 10.0. The Morgan fingerprint density at radius 2 is 1.89 bits per heavy atom. The van der Waals surface area contributed by atoms with Crippen LogP contribution in [-0.4, -0.2) is 33.3 Å². The van der Waals surface area contributed by atoms with Gasteiger partial charge in [-0.05, 0) is 49.6 Å². The molecule has 1 aliphatic carbocycles. The molecule has 0 aliphatic heterocycles. The van der Waals surface area contributed by atoms with Gasteiger partial charge in [0.1, 0.15) is 11.5 Å². The first-order valence-electron chi connectivity index (χ1n) is 9.34. The summed E-state index contributed by atoms with van der Waals surface area (Å²) in [6.45, 7) is 4.27. The maximum atomic E-state index is 5.51. The minimum absolute atomic E-state index is 0. The third-order valence-corrected chi connectivity index (χ3v) is 5.18. The van der Waals surface area contributed by atoms with E-state index in [0.29, 0.717) is 12.0 Å². The normalized spacial score (nSPS) is 19.2. The van der Waals surface area contributed by atoms with E-state index in [2.05, 4.69) is 53.7 Å². The molecule has 0 amide bonds. The second kappa shape index (κ2) is 10.0. The van der Waals surface area contributed by atoms with Gasteiger partial charge in [0.2, 0.25) is 0 Å². The molecular weight excluding hydrogens is 465 g/mol. The van der Waals surface area contributed by atoms with Crippen LogP contribution in [0.4, 0.5) is 0 Å². The molecule has 5 nitrogen and oxygen atoms in total. The molecule has 152 valence electrons. The standard InChI is InChI=1S/C22H29N3O2.HI/c1-14-8-6-7-9-17(14)19-13-20(19)25-22(23-3)24-15(2)18-12-16(26-4)10-11-21(18)27-5;/h6-12,15,19-20H,13H2,1-5H3,(H2,23,24,25);1H. The lowest BCUT2D eigenvalue weighted by Crippen LogP contribution is -2.40. The van der Waals surface area contributed by atoms with Crippen molar-refractivity contribution in [1.29, 1.82) is 0 Å². The number of guanidine groups is 1. The van der Waals surface area contributed by atoms with E-state index in [1.54, 1.807) is 21.3 Å². The summed E-state index contributed by atoms with van der Waals surface area (Å²) in [5, 5.41) is 7.02. The van der Waals surface area contributed by atoms with Gasteiger partial charge in [0.25, 0.3) is 0 Å². The predicted octanol–water partition coefficient (Wildman–Crippen LogP) is 4.41. The molecule has 0 aromatic heterocycles. The number of aliphatic imine (C=N–C) groups is 1. The number of ether oxygens (including phenoxy) is 2. The first-order chi connectivity index (χ1) is 13.1. The Morgan fingerprint density at radius 1 is 1.14 bits per heavy atom. The van der Waals surface area contributed by atoms with Gasteiger partial charge in [-0.2, -0.15) is 0 Å². The number of hydrogen-bond acceptors (Lipinski definition) is 3. The molecule has 1 fully saturated rings. The summed E-state index contributed by atoms with van der Waals surface area (Å²) >= 11 is 0. The maximum absolute atomic E-state index is 5.51. The highest BCUT2D eigenvalue weighted by atomic mass is 127. The molecule has 1 aliphatic rings. The first-order valence-corrected chi connectivity index (χ1v) is 9.34. The topological polar surface area (TPSA) is 54.9 Å². The Bertz CT molecular complexity index is 825. The van der Waals surface area contributed by atoms with E-state index < -0.39 is 0 Å². The van der Waals surface area contributed by atoms with Crippen molar-refractivity contribution >= 4 is 29.9 Å². The second-order valence-corrected chi connectivity index (χ2v) is 7.00. The fourth-order valence-electron chi connectivity index (χ4n) is 3.51. The van der Waals surface area contributed by atoms with Crippen molar-refractivity contribution in [3.63, 3.8) is 0 Å². The van der Waals surface area contributed by atoms with Crippen molar-refractivity contribution in [1.82, 2.24) is 10.6 Å². The van der Waals surface area contributed by atoms with E-state index >= 15 is 0 Å². The van der Waals surface area contributed by atoms with E-state index in [-0.39, 0.29) is 30.0 Å². The molecule has 6 heteroatoms. The van der Waals surface area contributed by atoms with Gasteiger partial charge in [-0.1, -0.05) is 24.3 Å². The summed E-state index contributed by atoms with van der Waals surface area (Å²) in [7, 11) is 5.15. The van der Waals surface area contributed by atoms with E-state index in [9.17, 15) is 0 Å². The van der Waals surface area contributed by atoms with Gasteiger partial charge in [0.05, 0.1) is 20.3 Å². The summed E-state index contributed by atoms with van der Waals surface area (Å²) in [5.74, 6) is 2.99. The minimum atomic E-state index is 0. The van der Waals surface area contributed by atoms with E-state index in [1.807, 2.05) is 18.2 Å². The molecule has 0 spiro atoms. The van der Waals surface area contributed by atoms with Gasteiger partial charge in [0.15, 0.2) is 5.96 Å². The van der Waals surface area contributed by atoms with Crippen molar-refractivity contribution in [3.05, 3.63) is 59.2 Å². The highest BCUT2D eigenvalue weighted by Gasteiger charge is 2.39. The molecule has 3 unspecified atom stereocenters. The van der Waals surface area contributed by atoms with E-state index in [0.717, 1.165) is 29.4 Å². The monoisotopic (exact) mass is 495 g/mol. The molecule has 0 heterocycles. The smallest absolute Gasteiger partial charge is 0.191 e. The van der Waals surface area contributed by atoms with Gasteiger partial charge in [0, 0.05) is 24.6 Å². The molecule has 0 bridgehead atoms. The number of nitrogens with one attached hydrogen (secondary N) is 2. The number of rotatable bonds is 6. The van der Waals surface area contributed by atoms with E-state index in [1.165, 1.54) is 11.1 Å². The first kappa shape index (κ1) is 22.3. The van der Waals surface area contributed by atoms with Crippen molar-refractivity contribution < 1.29 is 9.47 Å². The Labute approximate surface area is 184 Å². The minimum Gasteiger partial charge on any atom is -0.497 e. The fourth-order valence-corrected chi connectivity index (χ4v) is 3.51. The Kier molecular flexibility index (Phi) is 7.98. The zero-order valence-corrected chi connectivity index (χ0v) is 19.5. The molecule has 3 atom stereocenters. The van der Waals surface area contributed by atoms with Crippen LogP contribution in [0.2, 0.25) is 0 Å². The third kappa shape index (κ3) is 5.10. The van der Waals surface area contributed by atoms with Crippen LogP contribution in [0, 0.1) is 6.92 Å². The van der Waals surface area contributed by atoms with Crippen LogP contribution in [0.1, 0.15) is 42.0 Å². The summed E-state index contributed by atoms with van der Waals surface area (Å²) in [6, 6.07) is 14.9. The van der Waals surface area contributed by atoms with Gasteiger partial charge in [-0.3, -0.25) is 4.99 Å². The lowest BCUT2D eigenvalue weighted by molar-refractivity contribution is 0.394. The van der Waals surface area contributed by atoms with Gasteiger partial charge in [-0.15, -0.1) is 24.0 Å². The highest BCUT2D eigenvalue weighted by molar-refractivity contribution is 14.0. The van der Waals surface area contributed by atoms with Crippen LogP contribution in [0.15, 0.2) is 47.5 Å². The Balaban J connectivity index is 0.00000280. The molecule has 28 heavy (non-hydrogen) atoms. The van der Waals surface area contributed by atoms with Crippen LogP contribution in [0.3, 0.4) is 0 Å². The van der Waals surface area contributed by atoms with Crippen molar-refractivity contribution in [2.24, 2.45) is 4.99 Å². The molecule has 2 aromatic rings. The summed E-state index contributed by atoms with van der Waals surface area (Å²) in [6.07, 6.45) is 1.13. The summed E-state index contributed by atoms with van der Waals surface area (Å²) in [4.78, 5) is 4.40. The number of benzene rings is 2. The molecule has 2 N–H and O–H groups in total. The predicted molar refractivity (Wildman–Crippen MR) is 125 cm³/mol. The number of aryl methyl sites for hydroxylation is 1. The number of methoxy groups -OCH3 is 2. The lowest BCUT2D eigenvalue weighted by Gasteiger charge is -2.21. The third-order valence-electron chi connectivity index (χ3n) is 5.18. The zero-order chi connectivity index (χ0) is 19.4. The van der Waals surface area contributed by atoms with Crippen LogP contribution in [0.5, 0.6) is 11.5 Å². The Morgan fingerprint density at radius 3 is 2.54 bits per heavy atom. The van der Waals surface area contributed by atoms with Crippen molar-refractivity contribution in [2.45, 2.75) is 38.3 Å². The van der Waals surface area contributed by atoms with Crippen LogP contribution >= 0.6 is 24.0 Å². The molecule has 1 saturated carbocycles. The van der Waals surface area contributed by atoms with Crippen molar-refractivity contribution in [2.75, 3.05) is 21.3 Å². The highest BCUT2D eigenvalue weighted by Crippen LogP contribution is 2.42. The molecule has 2 aromatic carbocycles. The largest absolute Gasteiger partial charge is 0.497 e. The zero-order valence-electron chi connectivity index (χ0n) is 17.2. The van der Waals surface area contributed by atoms with Gasteiger partial charge < -0.3 is 20.1 Å². The van der Waals surface area contributed by atoms with Gasteiger partial charge >= 0.3 is 0 Å². The molecule has 0 radical (unpaired) electrons. The second-order valence-electron chi connectivity index (χ2n) is 7.00. The van der Waals surface area contributed by atoms with Crippen molar-refractivity contribution in [3.8, 4) is 11.5 Å². The number of halogens is 1. The van der Waals surface area contributed by atoms with Crippen LogP contribution in [-0.2, 0) is 0 Å². The molecule has 0 saturated heterocycles. The van der Waals surface area contributed by atoms with Crippen LogP contribution in [0.25, 0.3) is 0 Å². The summed E-state index contributed by atoms with van der Waals surface area (Å²) < 4.78 is 10.9. The average molecular weight is 495 g/mol. The Hall–Kier alpha value is -1.96.